The van der Waals surface area contributed by atoms with Crippen molar-refractivity contribution in [3.05, 3.63) is 45.6 Å². The SMILES string of the molecule is I.O=c1onc(N2C=CON2)n1Cc1cc(Br)co1. The van der Waals surface area contributed by atoms with E-state index in [1.165, 1.54) is 22.1 Å². The summed E-state index contributed by atoms with van der Waals surface area (Å²) in [5.41, 5.74) is 2.52. The van der Waals surface area contributed by atoms with Gasteiger partial charge in [-0.05, 0) is 27.2 Å². The van der Waals surface area contributed by atoms with Crippen molar-refractivity contribution in [1.29, 1.82) is 0 Å². The third kappa shape index (κ3) is 2.84. The zero-order chi connectivity index (χ0) is 12.5. The molecule has 0 saturated carbocycles. The Kier molecular flexibility index (Phi) is 4.31. The summed E-state index contributed by atoms with van der Waals surface area (Å²) in [5, 5.41) is 5.06. The van der Waals surface area contributed by atoms with Crippen LogP contribution in [-0.2, 0) is 11.4 Å². The van der Waals surface area contributed by atoms with Gasteiger partial charge >= 0.3 is 5.76 Å². The first-order chi connectivity index (χ1) is 8.74. The lowest BCUT2D eigenvalue weighted by molar-refractivity contribution is 0.156. The number of furan rings is 1. The highest BCUT2D eigenvalue weighted by atomic mass is 127. The number of halogens is 2. The summed E-state index contributed by atoms with van der Waals surface area (Å²) in [4.78, 5) is 16.4. The van der Waals surface area contributed by atoms with E-state index in [2.05, 4.69) is 31.2 Å². The molecule has 102 valence electrons. The molecular weight excluding hydrogens is 435 g/mol. The summed E-state index contributed by atoms with van der Waals surface area (Å²) < 4.78 is 12.0. The van der Waals surface area contributed by atoms with Crippen LogP contribution in [0, 0.1) is 0 Å². The number of nitrogens with zero attached hydrogens (tertiary/aromatic N) is 3. The highest BCUT2D eigenvalue weighted by Crippen LogP contribution is 2.17. The monoisotopic (exact) mass is 442 g/mol. The van der Waals surface area contributed by atoms with E-state index in [1.54, 1.807) is 12.3 Å². The summed E-state index contributed by atoms with van der Waals surface area (Å²) >= 11 is 3.27. The van der Waals surface area contributed by atoms with Crippen molar-refractivity contribution in [3.8, 4) is 0 Å². The van der Waals surface area contributed by atoms with Gasteiger partial charge in [0.1, 0.15) is 18.3 Å². The second-order valence-electron chi connectivity index (χ2n) is 3.43. The van der Waals surface area contributed by atoms with Crippen LogP contribution in [0.5, 0.6) is 0 Å². The standard InChI is InChI=1S/C9H7BrN4O4.HI/c10-6-3-7(16-5-6)4-13-8(11-18-9(13)15)14-1-2-17-12-14;/h1-3,5,12H,4H2;1H. The molecule has 0 bridgehead atoms. The van der Waals surface area contributed by atoms with E-state index in [0.29, 0.717) is 5.76 Å². The number of anilines is 1. The molecule has 0 radical (unpaired) electrons. The number of hydrogen-bond acceptors (Lipinski definition) is 7. The Bertz CT molecular complexity index is 649. The van der Waals surface area contributed by atoms with Gasteiger partial charge in [-0.3, -0.25) is 4.52 Å². The maximum Gasteiger partial charge on any atom is 0.443 e. The third-order valence-electron chi connectivity index (χ3n) is 2.25. The van der Waals surface area contributed by atoms with Crippen molar-refractivity contribution < 1.29 is 13.8 Å². The van der Waals surface area contributed by atoms with Crippen LogP contribution >= 0.6 is 39.9 Å². The summed E-state index contributed by atoms with van der Waals surface area (Å²) in [5.74, 6) is 0.276. The smallest absolute Gasteiger partial charge is 0.443 e. The van der Waals surface area contributed by atoms with Gasteiger partial charge in [-0.15, -0.1) is 24.0 Å². The summed E-state index contributed by atoms with van der Waals surface area (Å²) in [6.45, 7) is 0.204. The molecule has 3 heterocycles. The number of aromatic nitrogens is 2. The molecule has 2 aromatic heterocycles. The molecule has 2 aromatic rings. The maximum atomic E-state index is 11.6. The van der Waals surface area contributed by atoms with E-state index in [4.69, 9.17) is 9.25 Å². The first-order valence-electron chi connectivity index (χ1n) is 4.90. The van der Waals surface area contributed by atoms with Crippen molar-refractivity contribution >= 4 is 45.9 Å². The van der Waals surface area contributed by atoms with Gasteiger partial charge in [-0.25, -0.2) is 14.4 Å². The Labute approximate surface area is 132 Å². The molecule has 0 fully saturated rings. The largest absolute Gasteiger partial charge is 0.466 e. The Morgan fingerprint density at radius 3 is 2.95 bits per heavy atom. The van der Waals surface area contributed by atoms with Crippen LogP contribution in [0.2, 0.25) is 0 Å². The molecule has 0 atom stereocenters. The minimum absolute atomic E-state index is 0. The molecule has 1 aliphatic heterocycles. The summed E-state index contributed by atoms with van der Waals surface area (Å²) in [6.07, 6.45) is 4.50. The molecule has 1 aliphatic rings. The molecular formula is C9H8BrIN4O4. The Morgan fingerprint density at radius 1 is 1.47 bits per heavy atom. The van der Waals surface area contributed by atoms with Gasteiger partial charge in [0.25, 0.3) is 5.95 Å². The van der Waals surface area contributed by atoms with Gasteiger partial charge in [0.15, 0.2) is 0 Å². The number of nitrogens with one attached hydrogen (secondary N) is 1. The van der Waals surface area contributed by atoms with Crippen molar-refractivity contribution in [2.24, 2.45) is 0 Å². The number of hydrogen-bond donors (Lipinski definition) is 1. The molecule has 0 aromatic carbocycles. The second-order valence-corrected chi connectivity index (χ2v) is 4.35. The van der Waals surface area contributed by atoms with E-state index in [0.717, 1.165) is 4.47 Å². The molecule has 19 heavy (non-hydrogen) atoms. The number of rotatable bonds is 3. The van der Waals surface area contributed by atoms with Gasteiger partial charge in [0, 0.05) is 0 Å². The highest BCUT2D eigenvalue weighted by Gasteiger charge is 2.20. The van der Waals surface area contributed by atoms with E-state index < -0.39 is 5.76 Å². The maximum absolute atomic E-state index is 11.6. The van der Waals surface area contributed by atoms with Crippen LogP contribution in [0.4, 0.5) is 5.95 Å². The Morgan fingerprint density at radius 2 is 2.32 bits per heavy atom. The summed E-state index contributed by atoms with van der Waals surface area (Å²) in [6, 6.07) is 1.76. The first kappa shape index (κ1) is 14.1. The van der Waals surface area contributed by atoms with Gasteiger partial charge < -0.3 is 9.25 Å². The van der Waals surface area contributed by atoms with Gasteiger partial charge in [0.05, 0.1) is 17.2 Å². The van der Waals surface area contributed by atoms with Crippen molar-refractivity contribution in [1.82, 2.24) is 15.3 Å². The fourth-order valence-corrected chi connectivity index (χ4v) is 1.83. The molecule has 10 heteroatoms. The van der Waals surface area contributed by atoms with Crippen molar-refractivity contribution in [2.75, 3.05) is 5.01 Å². The van der Waals surface area contributed by atoms with Gasteiger partial charge in [-0.1, -0.05) is 5.59 Å². The minimum atomic E-state index is -0.584. The normalized spacial score (nSPS) is 13.4. The van der Waals surface area contributed by atoms with E-state index >= 15 is 0 Å². The van der Waals surface area contributed by atoms with E-state index in [1.807, 2.05) is 0 Å². The zero-order valence-corrected chi connectivity index (χ0v) is 13.2. The molecule has 0 aliphatic carbocycles. The average molecular weight is 443 g/mol. The molecule has 0 spiro atoms. The fourth-order valence-electron chi connectivity index (χ4n) is 1.48. The van der Waals surface area contributed by atoms with Crippen LogP contribution in [0.1, 0.15) is 5.76 Å². The topological polar surface area (TPSA) is 85.7 Å². The lowest BCUT2D eigenvalue weighted by Gasteiger charge is -2.11. The average Bonchev–Trinajstić information content (AvgIpc) is 3.03. The summed E-state index contributed by atoms with van der Waals surface area (Å²) in [7, 11) is 0. The van der Waals surface area contributed by atoms with E-state index in [9.17, 15) is 4.79 Å². The van der Waals surface area contributed by atoms with Gasteiger partial charge in [0.2, 0.25) is 0 Å². The quantitative estimate of drug-likeness (QED) is 0.722. The Hall–Kier alpha value is -1.27. The van der Waals surface area contributed by atoms with Gasteiger partial charge in [-0.2, -0.15) is 0 Å². The van der Waals surface area contributed by atoms with Crippen LogP contribution in [0.3, 0.4) is 0 Å². The molecule has 8 nitrogen and oxygen atoms in total. The van der Waals surface area contributed by atoms with Crippen molar-refractivity contribution in [3.63, 3.8) is 0 Å². The van der Waals surface area contributed by atoms with Crippen LogP contribution in [0.25, 0.3) is 0 Å². The predicted octanol–water partition coefficient (Wildman–Crippen LogP) is 1.59. The first-order valence-corrected chi connectivity index (χ1v) is 5.70. The lowest BCUT2D eigenvalue weighted by Crippen LogP contribution is -2.31. The van der Waals surface area contributed by atoms with E-state index in [-0.39, 0.29) is 36.5 Å². The fraction of sp³-hybridized carbons (Fsp3) is 0.111. The Balaban J connectivity index is 0.00000133. The second kappa shape index (κ2) is 5.79. The van der Waals surface area contributed by atoms with Crippen LogP contribution < -0.4 is 16.4 Å². The molecule has 3 rings (SSSR count). The lowest BCUT2D eigenvalue weighted by atomic mass is 10.4. The zero-order valence-electron chi connectivity index (χ0n) is 9.28. The molecule has 0 unspecified atom stereocenters. The third-order valence-corrected chi connectivity index (χ3v) is 2.66. The molecule has 1 N–H and O–H groups in total. The molecule has 0 saturated heterocycles. The van der Waals surface area contributed by atoms with Crippen LogP contribution in [-0.4, -0.2) is 9.72 Å². The predicted molar refractivity (Wildman–Crippen MR) is 77.5 cm³/mol. The minimum Gasteiger partial charge on any atom is -0.466 e. The highest BCUT2D eigenvalue weighted by molar-refractivity contribution is 14.0. The van der Waals surface area contributed by atoms with Crippen molar-refractivity contribution in [2.45, 2.75) is 6.54 Å². The molecule has 0 amide bonds. The number of hydrazine groups is 1. The van der Waals surface area contributed by atoms with Crippen LogP contribution in [0.15, 0.2) is 43.0 Å².